The molecule has 0 spiro atoms. The van der Waals surface area contributed by atoms with E-state index in [2.05, 4.69) is 6.92 Å². The molecule has 0 rings (SSSR count). The van der Waals surface area contributed by atoms with Crippen molar-refractivity contribution in [2.45, 2.75) is 180 Å². The standard InChI is InChI=1S/C37H74NO8P/c1-6-8-9-10-11-12-13-14-15-16-17-18-19-20-21-22-23-24-25-26-27-28-30-37(40)46-35(33-43-36(39)29-7-2)34-45-47(41,42)44-32-31-38(3,4)5/h35H,6-34H2,1-5H3/p+1. The molecule has 0 aromatic rings. The van der Waals surface area contributed by atoms with E-state index in [1.807, 2.05) is 28.1 Å². The Labute approximate surface area is 289 Å². The molecule has 0 aromatic heterocycles. The first-order valence-electron chi connectivity index (χ1n) is 19.3. The lowest BCUT2D eigenvalue weighted by Gasteiger charge is -2.24. The van der Waals surface area contributed by atoms with E-state index in [9.17, 15) is 19.0 Å². The number of unbranched alkanes of at least 4 members (excludes halogenated alkanes) is 21. The number of carbonyl (C=O) groups excluding carboxylic acids is 2. The Balaban J connectivity index is 3.89. The number of nitrogens with zero attached hydrogens (tertiary/aromatic N) is 1. The number of phosphoric ester groups is 1. The highest BCUT2D eigenvalue weighted by Crippen LogP contribution is 2.43. The maximum atomic E-state index is 12.5. The molecule has 10 heteroatoms. The molecule has 9 nitrogen and oxygen atoms in total. The molecule has 0 aromatic carbocycles. The Kier molecular flexibility index (Phi) is 30.4. The van der Waals surface area contributed by atoms with Crippen LogP contribution >= 0.6 is 7.82 Å². The summed E-state index contributed by atoms with van der Waals surface area (Å²) in [5.41, 5.74) is 0. The Morgan fingerprint density at radius 3 is 1.40 bits per heavy atom. The largest absolute Gasteiger partial charge is 0.472 e. The van der Waals surface area contributed by atoms with Gasteiger partial charge in [-0.25, -0.2) is 4.57 Å². The van der Waals surface area contributed by atoms with Gasteiger partial charge in [0, 0.05) is 12.8 Å². The Hall–Kier alpha value is -0.990. The van der Waals surface area contributed by atoms with Gasteiger partial charge < -0.3 is 18.9 Å². The number of quaternary nitrogens is 1. The maximum Gasteiger partial charge on any atom is 0.472 e. The molecule has 0 aliphatic rings. The molecule has 0 bridgehead atoms. The van der Waals surface area contributed by atoms with Gasteiger partial charge in [-0.15, -0.1) is 0 Å². The first kappa shape index (κ1) is 46.0. The van der Waals surface area contributed by atoms with Gasteiger partial charge in [0.15, 0.2) is 6.10 Å². The number of likely N-dealkylation sites (N-methyl/N-ethyl adjacent to an activating group) is 1. The monoisotopic (exact) mass is 693 g/mol. The topological polar surface area (TPSA) is 108 Å². The minimum absolute atomic E-state index is 0.0345. The van der Waals surface area contributed by atoms with Crippen LogP contribution in [0.1, 0.15) is 174 Å². The average molecular weight is 693 g/mol. The molecule has 1 N–H and O–H groups in total. The first-order valence-corrected chi connectivity index (χ1v) is 20.8. The molecule has 0 saturated carbocycles. The molecule has 0 fully saturated rings. The molecule has 0 aliphatic carbocycles. The molecular weight excluding hydrogens is 617 g/mol. The average Bonchev–Trinajstić information content (AvgIpc) is 3.00. The highest BCUT2D eigenvalue weighted by atomic mass is 31.2. The van der Waals surface area contributed by atoms with Crippen LogP contribution in [0, 0.1) is 0 Å². The van der Waals surface area contributed by atoms with Crippen LogP contribution in [0.5, 0.6) is 0 Å². The summed E-state index contributed by atoms with van der Waals surface area (Å²) in [7, 11) is 1.48. The smallest absolute Gasteiger partial charge is 0.462 e. The van der Waals surface area contributed by atoms with E-state index in [0.29, 0.717) is 23.9 Å². The molecule has 280 valence electrons. The molecule has 2 unspecified atom stereocenters. The van der Waals surface area contributed by atoms with Crippen molar-refractivity contribution >= 4 is 19.8 Å². The van der Waals surface area contributed by atoms with Crippen molar-refractivity contribution in [3.63, 3.8) is 0 Å². The highest BCUT2D eigenvalue weighted by Gasteiger charge is 2.27. The van der Waals surface area contributed by atoms with E-state index in [1.54, 1.807) is 0 Å². The van der Waals surface area contributed by atoms with Crippen LogP contribution in [-0.4, -0.2) is 74.9 Å². The molecule has 47 heavy (non-hydrogen) atoms. The molecular formula is C37H75NO8P+. The number of hydrogen-bond acceptors (Lipinski definition) is 7. The fourth-order valence-electron chi connectivity index (χ4n) is 5.35. The summed E-state index contributed by atoms with van der Waals surface area (Å²) in [5, 5.41) is 0. The zero-order valence-corrected chi connectivity index (χ0v) is 32.2. The van der Waals surface area contributed by atoms with Crippen LogP contribution in [0.15, 0.2) is 0 Å². The summed E-state index contributed by atoms with van der Waals surface area (Å²) in [6.45, 7) is 4.06. The fourth-order valence-corrected chi connectivity index (χ4v) is 6.09. The van der Waals surface area contributed by atoms with E-state index in [0.717, 1.165) is 12.8 Å². The van der Waals surface area contributed by atoms with Crippen molar-refractivity contribution in [2.75, 3.05) is 47.5 Å². The van der Waals surface area contributed by atoms with E-state index in [1.165, 1.54) is 122 Å². The second-order valence-corrected chi connectivity index (χ2v) is 15.8. The number of hydrogen-bond donors (Lipinski definition) is 1. The zero-order valence-electron chi connectivity index (χ0n) is 31.3. The predicted molar refractivity (Wildman–Crippen MR) is 192 cm³/mol. The first-order chi connectivity index (χ1) is 22.5. The molecule has 0 amide bonds. The molecule has 0 heterocycles. The van der Waals surface area contributed by atoms with Crippen molar-refractivity contribution in [1.82, 2.24) is 0 Å². The lowest BCUT2D eigenvalue weighted by Crippen LogP contribution is -2.37. The third-order valence-corrected chi connectivity index (χ3v) is 9.34. The van der Waals surface area contributed by atoms with E-state index in [4.69, 9.17) is 18.5 Å². The molecule has 2 atom stereocenters. The second kappa shape index (κ2) is 31.0. The number of rotatable bonds is 35. The van der Waals surface area contributed by atoms with Gasteiger partial charge in [0.05, 0.1) is 27.7 Å². The van der Waals surface area contributed by atoms with Gasteiger partial charge in [-0.05, 0) is 12.8 Å². The summed E-state index contributed by atoms with van der Waals surface area (Å²) < 4.78 is 33.5. The van der Waals surface area contributed by atoms with Crippen LogP contribution in [0.25, 0.3) is 0 Å². The molecule has 0 saturated heterocycles. The zero-order chi connectivity index (χ0) is 35.1. The van der Waals surface area contributed by atoms with Crippen molar-refractivity contribution in [3.05, 3.63) is 0 Å². The van der Waals surface area contributed by atoms with E-state index >= 15 is 0 Å². The predicted octanol–water partition coefficient (Wildman–Crippen LogP) is 10.1. The summed E-state index contributed by atoms with van der Waals surface area (Å²) in [5.74, 6) is -0.850. The summed E-state index contributed by atoms with van der Waals surface area (Å²) in [6, 6.07) is 0. The summed E-state index contributed by atoms with van der Waals surface area (Å²) in [4.78, 5) is 34.3. The van der Waals surface area contributed by atoms with Gasteiger partial charge in [0.1, 0.15) is 19.8 Å². The lowest BCUT2D eigenvalue weighted by atomic mass is 10.0. The van der Waals surface area contributed by atoms with Crippen molar-refractivity contribution in [3.8, 4) is 0 Å². The lowest BCUT2D eigenvalue weighted by molar-refractivity contribution is -0.870. The van der Waals surface area contributed by atoms with Crippen molar-refractivity contribution < 1.29 is 42.1 Å². The Morgan fingerprint density at radius 2 is 1.00 bits per heavy atom. The Morgan fingerprint density at radius 1 is 0.574 bits per heavy atom. The molecule has 0 aliphatic heterocycles. The third-order valence-electron chi connectivity index (χ3n) is 8.36. The minimum atomic E-state index is -4.34. The number of phosphoric acid groups is 1. The maximum absolute atomic E-state index is 12.5. The molecule has 0 radical (unpaired) electrons. The van der Waals surface area contributed by atoms with Gasteiger partial charge in [-0.2, -0.15) is 0 Å². The quantitative estimate of drug-likeness (QED) is 0.0303. The van der Waals surface area contributed by atoms with Gasteiger partial charge in [-0.3, -0.25) is 18.6 Å². The van der Waals surface area contributed by atoms with E-state index < -0.39 is 32.5 Å². The van der Waals surface area contributed by atoms with Crippen molar-refractivity contribution in [2.24, 2.45) is 0 Å². The normalized spacial score (nSPS) is 13.7. The van der Waals surface area contributed by atoms with Gasteiger partial charge in [0.25, 0.3) is 0 Å². The minimum Gasteiger partial charge on any atom is -0.462 e. The van der Waals surface area contributed by atoms with Gasteiger partial charge in [0.2, 0.25) is 0 Å². The van der Waals surface area contributed by atoms with Crippen molar-refractivity contribution in [1.29, 1.82) is 0 Å². The fraction of sp³-hybridized carbons (Fsp3) is 0.946. The van der Waals surface area contributed by atoms with Crippen LogP contribution in [-0.2, 0) is 32.7 Å². The summed E-state index contributed by atoms with van der Waals surface area (Å²) in [6.07, 6.45) is 29.0. The van der Waals surface area contributed by atoms with E-state index in [-0.39, 0.29) is 26.1 Å². The van der Waals surface area contributed by atoms with Crippen LogP contribution < -0.4 is 0 Å². The van der Waals surface area contributed by atoms with Crippen LogP contribution in [0.4, 0.5) is 0 Å². The SMILES string of the molecule is CCCCCCCCCCCCCCCCCCCCCCCCC(=O)OC(COC(=O)CCC)COP(=O)(O)OCC[N+](C)(C)C. The van der Waals surface area contributed by atoms with Crippen LogP contribution in [0.2, 0.25) is 0 Å². The highest BCUT2D eigenvalue weighted by molar-refractivity contribution is 7.47. The number of carbonyl (C=O) groups is 2. The third kappa shape index (κ3) is 34.7. The van der Waals surface area contributed by atoms with Crippen LogP contribution in [0.3, 0.4) is 0 Å². The number of esters is 2. The van der Waals surface area contributed by atoms with Gasteiger partial charge in [-0.1, -0.05) is 149 Å². The number of ether oxygens (including phenoxy) is 2. The second-order valence-electron chi connectivity index (χ2n) is 14.3. The van der Waals surface area contributed by atoms with Gasteiger partial charge >= 0.3 is 19.8 Å². The Bertz CT molecular complexity index is 789. The summed E-state index contributed by atoms with van der Waals surface area (Å²) >= 11 is 0.